The number of aryl methyl sites for hydroxylation is 1. The molecule has 0 unspecified atom stereocenters. The number of benzene rings is 2. The SMILES string of the molecule is CSc1ccc(Cl)c(C(=O)Nc2cc(C)n(Cc3ccc(Cl)cc3Cl)n2)c1. The third kappa shape index (κ3) is 4.79. The third-order valence-corrected chi connectivity index (χ3v) is 5.62. The highest BCUT2D eigenvalue weighted by molar-refractivity contribution is 7.98. The van der Waals surface area contributed by atoms with Crippen LogP contribution in [0.5, 0.6) is 0 Å². The molecule has 0 aliphatic heterocycles. The van der Waals surface area contributed by atoms with E-state index in [0.29, 0.717) is 33.0 Å². The number of nitrogens with one attached hydrogen (secondary N) is 1. The first-order valence-electron chi connectivity index (χ1n) is 8.00. The van der Waals surface area contributed by atoms with E-state index in [1.807, 2.05) is 25.3 Å². The molecule has 0 aliphatic carbocycles. The van der Waals surface area contributed by atoms with Gasteiger partial charge in [0.15, 0.2) is 5.82 Å². The maximum absolute atomic E-state index is 12.6. The largest absolute Gasteiger partial charge is 0.305 e. The van der Waals surface area contributed by atoms with E-state index in [-0.39, 0.29) is 5.91 Å². The Balaban J connectivity index is 1.79. The summed E-state index contributed by atoms with van der Waals surface area (Å²) in [5, 5.41) is 8.81. The van der Waals surface area contributed by atoms with E-state index in [1.54, 1.807) is 46.8 Å². The maximum atomic E-state index is 12.6. The Kier molecular flexibility index (Phi) is 6.37. The van der Waals surface area contributed by atoms with Crippen LogP contribution in [0.25, 0.3) is 0 Å². The molecule has 0 spiro atoms. The van der Waals surface area contributed by atoms with Crippen molar-refractivity contribution in [1.29, 1.82) is 0 Å². The Labute approximate surface area is 176 Å². The number of nitrogens with zero attached hydrogens (tertiary/aromatic N) is 2. The number of carbonyl (C=O) groups is 1. The molecule has 0 fully saturated rings. The number of aromatic nitrogens is 2. The summed E-state index contributed by atoms with van der Waals surface area (Å²) in [7, 11) is 0. The van der Waals surface area contributed by atoms with Gasteiger partial charge in [0, 0.05) is 26.7 Å². The highest BCUT2D eigenvalue weighted by Crippen LogP contribution is 2.25. The van der Waals surface area contributed by atoms with E-state index in [0.717, 1.165) is 16.2 Å². The van der Waals surface area contributed by atoms with Gasteiger partial charge in [0.1, 0.15) is 0 Å². The van der Waals surface area contributed by atoms with Crippen LogP contribution in [0.4, 0.5) is 5.82 Å². The van der Waals surface area contributed by atoms with Crippen LogP contribution in [0.15, 0.2) is 47.4 Å². The number of halogens is 3. The minimum Gasteiger partial charge on any atom is -0.305 e. The van der Waals surface area contributed by atoms with E-state index in [2.05, 4.69) is 10.4 Å². The normalized spacial score (nSPS) is 10.9. The summed E-state index contributed by atoms with van der Waals surface area (Å²) in [6, 6.07) is 12.5. The van der Waals surface area contributed by atoms with Crippen LogP contribution in [0, 0.1) is 6.92 Å². The van der Waals surface area contributed by atoms with Crippen molar-refractivity contribution in [1.82, 2.24) is 9.78 Å². The first kappa shape index (κ1) is 20.1. The molecule has 0 saturated heterocycles. The maximum Gasteiger partial charge on any atom is 0.258 e. The molecule has 1 amide bonds. The van der Waals surface area contributed by atoms with Crippen molar-refractivity contribution < 1.29 is 4.79 Å². The topological polar surface area (TPSA) is 46.9 Å². The lowest BCUT2D eigenvalue weighted by Crippen LogP contribution is -2.13. The summed E-state index contributed by atoms with van der Waals surface area (Å²) in [6.45, 7) is 2.38. The van der Waals surface area contributed by atoms with Gasteiger partial charge in [-0.05, 0) is 49.1 Å². The molecule has 0 bridgehead atoms. The molecule has 8 heteroatoms. The lowest BCUT2D eigenvalue weighted by molar-refractivity contribution is 0.102. The highest BCUT2D eigenvalue weighted by Gasteiger charge is 2.14. The predicted octanol–water partition coefficient (Wildman–Crippen LogP) is 6.17. The molecular formula is C19H16Cl3N3OS. The molecule has 3 aromatic rings. The second-order valence-electron chi connectivity index (χ2n) is 5.86. The van der Waals surface area contributed by atoms with Gasteiger partial charge in [-0.3, -0.25) is 9.48 Å². The molecule has 0 saturated carbocycles. The van der Waals surface area contributed by atoms with Crippen LogP contribution in [0.3, 0.4) is 0 Å². The Hall–Kier alpha value is -1.66. The van der Waals surface area contributed by atoms with Crippen molar-refractivity contribution in [2.24, 2.45) is 0 Å². The van der Waals surface area contributed by atoms with E-state index >= 15 is 0 Å². The summed E-state index contributed by atoms with van der Waals surface area (Å²) in [5.41, 5.74) is 2.19. The lowest BCUT2D eigenvalue weighted by Gasteiger charge is -2.08. The predicted molar refractivity (Wildman–Crippen MR) is 114 cm³/mol. The zero-order valence-corrected chi connectivity index (χ0v) is 17.7. The lowest BCUT2D eigenvalue weighted by atomic mass is 10.2. The number of rotatable bonds is 5. The fraction of sp³-hybridized carbons (Fsp3) is 0.158. The molecule has 1 heterocycles. The number of thioether (sulfide) groups is 1. The van der Waals surface area contributed by atoms with Crippen LogP contribution in [-0.2, 0) is 6.54 Å². The molecular weight excluding hydrogens is 425 g/mol. The summed E-state index contributed by atoms with van der Waals surface area (Å²) in [4.78, 5) is 13.5. The number of hydrogen-bond donors (Lipinski definition) is 1. The molecule has 2 aromatic carbocycles. The third-order valence-electron chi connectivity index (χ3n) is 3.98. The zero-order valence-electron chi connectivity index (χ0n) is 14.6. The first-order chi connectivity index (χ1) is 12.9. The van der Waals surface area contributed by atoms with E-state index in [9.17, 15) is 4.79 Å². The van der Waals surface area contributed by atoms with Gasteiger partial charge in [-0.25, -0.2) is 0 Å². The van der Waals surface area contributed by atoms with Crippen molar-refractivity contribution in [3.05, 3.63) is 74.4 Å². The van der Waals surface area contributed by atoms with Crippen LogP contribution in [0.2, 0.25) is 15.1 Å². The molecule has 0 atom stereocenters. The molecule has 0 aliphatic rings. The molecule has 0 radical (unpaired) electrons. The second kappa shape index (κ2) is 8.57. The Bertz CT molecular complexity index is 1000. The number of anilines is 1. The van der Waals surface area contributed by atoms with E-state index in [4.69, 9.17) is 34.8 Å². The van der Waals surface area contributed by atoms with Crippen LogP contribution in [0.1, 0.15) is 21.6 Å². The smallest absolute Gasteiger partial charge is 0.258 e. The average molecular weight is 441 g/mol. The summed E-state index contributed by atoms with van der Waals surface area (Å²) in [6.07, 6.45) is 1.94. The van der Waals surface area contributed by atoms with E-state index in [1.165, 1.54) is 0 Å². The molecule has 140 valence electrons. The summed E-state index contributed by atoms with van der Waals surface area (Å²) in [5.74, 6) is 0.151. The molecule has 4 nitrogen and oxygen atoms in total. The monoisotopic (exact) mass is 439 g/mol. The Morgan fingerprint density at radius 1 is 1.11 bits per heavy atom. The van der Waals surface area contributed by atoms with Gasteiger partial charge in [0.2, 0.25) is 0 Å². The van der Waals surface area contributed by atoms with Gasteiger partial charge in [-0.2, -0.15) is 5.10 Å². The number of hydrogen-bond acceptors (Lipinski definition) is 3. The van der Waals surface area contributed by atoms with E-state index < -0.39 is 0 Å². The second-order valence-corrected chi connectivity index (χ2v) is 7.99. The first-order valence-corrected chi connectivity index (χ1v) is 10.4. The minimum absolute atomic E-state index is 0.301. The number of amides is 1. The fourth-order valence-corrected chi connectivity index (χ4v) is 3.64. The Morgan fingerprint density at radius 2 is 1.89 bits per heavy atom. The Morgan fingerprint density at radius 3 is 2.59 bits per heavy atom. The van der Waals surface area contributed by atoms with Gasteiger partial charge in [0.25, 0.3) is 5.91 Å². The van der Waals surface area contributed by atoms with Crippen LogP contribution in [-0.4, -0.2) is 21.9 Å². The van der Waals surface area contributed by atoms with Gasteiger partial charge < -0.3 is 5.32 Å². The van der Waals surface area contributed by atoms with Crippen LogP contribution < -0.4 is 5.32 Å². The fourth-order valence-electron chi connectivity index (χ4n) is 2.53. The standard InChI is InChI=1S/C19H16Cl3N3OS/c1-11-7-18(23-19(26)15-9-14(27-2)5-6-16(15)21)24-25(11)10-12-3-4-13(20)8-17(12)22/h3-9H,10H2,1-2H3,(H,23,24,26). The van der Waals surface area contributed by atoms with Crippen LogP contribution >= 0.6 is 46.6 Å². The summed E-state index contributed by atoms with van der Waals surface area (Å²) < 4.78 is 1.77. The molecule has 27 heavy (non-hydrogen) atoms. The zero-order chi connectivity index (χ0) is 19.6. The average Bonchev–Trinajstić information content (AvgIpc) is 2.96. The molecule has 1 N–H and O–H groups in total. The van der Waals surface area contributed by atoms with Crippen molar-refractivity contribution >= 4 is 58.3 Å². The quantitative estimate of drug-likeness (QED) is 0.482. The summed E-state index contributed by atoms with van der Waals surface area (Å²) >= 11 is 19.9. The van der Waals surface area contributed by atoms with Crippen molar-refractivity contribution in [3.8, 4) is 0 Å². The highest BCUT2D eigenvalue weighted by atomic mass is 35.5. The van der Waals surface area contributed by atoms with Crippen molar-refractivity contribution in [2.45, 2.75) is 18.4 Å². The van der Waals surface area contributed by atoms with Crippen molar-refractivity contribution in [3.63, 3.8) is 0 Å². The van der Waals surface area contributed by atoms with Gasteiger partial charge in [0.05, 0.1) is 17.1 Å². The van der Waals surface area contributed by atoms with Crippen molar-refractivity contribution in [2.75, 3.05) is 11.6 Å². The van der Waals surface area contributed by atoms with Gasteiger partial charge in [-0.15, -0.1) is 11.8 Å². The molecule has 3 rings (SSSR count). The van der Waals surface area contributed by atoms with Gasteiger partial charge in [-0.1, -0.05) is 40.9 Å². The number of carbonyl (C=O) groups excluding carboxylic acids is 1. The molecule has 1 aromatic heterocycles. The van der Waals surface area contributed by atoms with Gasteiger partial charge >= 0.3 is 0 Å². The minimum atomic E-state index is -0.301.